The molecule has 0 bridgehead atoms. The normalized spacial score (nSPS) is 20.9. The summed E-state index contributed by atoms with van der Waals surface area (Å²) >= 11 is 0. The van der Waals surface area contributed by atoms with Gasteiger partial charge in [-0.05, 0) is 56.8 Å². The van der Waals surface area contributed by atoms with Crippen molar-refractivity contribution >= 4 is 0 Å². The Bertz CT molecular complexity index is 456. The predicted octanol–water partition coefficient (Wildman–Crippen LogP) is 2.96. The zero-order valence-corrected chi connectivity index (χ0v) is 12.3. The Morgan fingerprint density at radius 1 is 1.30 bits per heavy atom. The molecule has 2 rings (SSSR count). The van der Waals surface area contributed by atoms with Crippen molar-refractivity contribution in [3.8, 4) is 0 Å². The second kappa shape index (κ2) is 6.19. The first kappa shape index (κ1) is 15.4. The summed E-state index contributed by atoms with van der Waals surface area (Å²) in [6.45, 7) is 6.80. The van der Waals surface area contributed by atoms with Gasteiger partial charge in [-0.15, -0.1) is 0 Å². The van der Waals surface area contributed by atoms with Gasteiger partial charge in [0.2, 0.25) is 0 Å². The molecule has 1 heterocycles. The van der Waals surface area contributed by atoms with Crippen LogP contribution in [0.3, 0.4) is 0 Å². The van der Waals surface area contributed by atoms with Crippen LogP contribution in [0.1, 0.15) is 32.3 Å². The van der Waals surface area contributed by atoms with E-state index in [9.17, 15) is 8.78 Å². The molecule has 0 aliphatic carbocycles. The van der Waals surface area contributed by atoms with Gasteiger partial charge >= 0.3 is 0 Å². The maximum atomic E-state index is 13.8. The van der Waals surface area contributed by atoms with E-state index < -0.39 is 11.6 Å². The molecule has 1 unspecified atom stereocenters. The summed E-state index contributed by atoms with van der Waals surface area (Å²) in [6.07, 6.45) is 2.83. The molecule has 1 aromatic rings. The molecule has 0 spiro atoms. The van der Waals surface area contributed by atoms with Crippen molar-refractivity contribution in [2.45, 2.75) is 38.6 Å². The molecule has 112 valence electrons. The predicted molar refractivity (Wildman–Crippen MR) is 77.5 cm³/mol. The Balaban J connectivity index is 2.14. The second-order valence-corrected chi connectivity index (χ2v) is 6.28. The van der Waals surface area contributed by atoms with E-state index in [4.69, 9.17) is 5.73 Å². The lowest BCUT2D eigenvalue weighted by atomic mass is 9.87. The molecule has 1 aliphatic rings. The topological polar surface area (TPSA) is 29.3 Å². The van der Waals surface area contributed by atoms with E-state index >= 15 is 0 Å². The van der Waals surface area contributed by atoms with Gasteiger partial charge in [-0.2, -0.15) is 0 Å². The van der Waals surface area contributed by atoms with Gasteiger partial charge in [0.05, 0.1) is 0 Å². The first-order valence-electron chi connectivity index (χ1n) is 7.33. The highest BCUT2D eigenvalue weighted by Gasteiger charge is 2.33. The molecule has 1 saturated heterocycles. The fourth-order valence-electron chi connectivity index (χ4n) is 2.94. The van der Waals surface area contributed by atoms with Crippen LogP contribution in [-0.2, 0) is 6.42 Å². The van der Waals surface area contributed by atoms with Gasteiger partial charge < -0.3 is 5.73 Å². The molecule has 0 aromatic heterocycles. The zero-order valence-electron chi connectivity index (χ0n) is 12.3. The molecule has 0 saturated carbocycles. The third-order valence-corrected chi connectivity index (χ3v) is 4.57. The van der Waals surface area contributed by atoms with E-state index in [2.05, 4.69) is 18.7 Å². The maximum absolute atomic E-state index is 13.8. The lowest BCUT2D eigenvalue weighted by molar-refractivity contribution is 0.0702. The van der Waals surface area contributed by atoms with Crippen molar-refractivity contribution in [1.29, 1.82) is 0 Å². The minimum atomic E-state index is -0.535. The molecule has 0 amide bonds. The van der Waals surface area contributed by atoms with Gasteiger partial charge in [0.1, 0.15) is 11.6 Å². The number of halogens is 2. The number of nitrogens with two attached hydrogens (primary N) is 1. The number of nitrogens with zero attached hydrogens (tertiary/aromatic N) is 1. The number of likely N-dealkylation sites (tertiary alicyclic amines) is 1. The second-order valence-electron chi connectivity index (χ2n) is 6.28. The van der Waals surface area contributed by atoms with Crippen molar-refractivity contribution in [2.24, 2.45) is 11.7 Å². The molecule has 1 fully saturated rings. The Morgan fingerprint density at radius 2 is 1.95 bits per heavy atom. The van der Waals surface area contributed by atoms with Gasteiger partial charge in [-0.3, -0.25) is 4.90 Å². The molecule has 1 aromatic carbocycles. The lowest BCUT2D eigenvalue weighted by Crippen LogP contribution is -2.55. The van der Waals surface area contributed by atoms with E-state index in [1.807, 2.05) is 0 Å². The van der Waals surface area contributed by atoms with Gasteiger partial charge in [0.25, 0.3) is 0 Å². The average Bonchev–Trinajstić information content (AvgIpc) is 2.42. The number of rotatable bonds is 4. The van der Waals surface area contributed by atoms with Gasteiger partial charge in [0.15, 0.2) is 0 Å². The average molecular weight is 282 g/mol. The highest BCUT2D eigenvalue weighted by molar-refractivity contribution is 5.21. The van der Waals surface area contributed by atoms with Crippen molar-refractivity contribution in [1.82, 2.24) is 4.90 Å². The van der Waals surface area contributed by atoms with Crippen LogP contribution in [-0.4, -0.2) is 30.1 Å². The first-order chi connectivity index (χ1) is 9.44. The third-order valence-electron chi connectivity index (χ3n) is 4.57. The number of hydrogen-bond acceptors (Lipinski definition) is 2. The third kappa shape index (κ3) is 3.36. The Hall–Kier alpha value is -1.00. The van der Waals surface area contributed by atoms with E-state index in [1.165, 1.54) is 12.1 Å². The maximum Gasteiger partial charge on any atom is 0.129 e. The molecule has 20 heavy (non-hydrogen) atoms. The Morgan fingerprint density at radius 3 is 2.50 bits per heavy atom. The van der Waals surface area contributed by atoms with E-state index in [1.54, 1.807) is 0 Å². The van der Waals surface area contributed by atoms with Crippen molar-refractivity contribution < 1.29 is 8.78 Å². The summed E-state index contributed by atoms with van der Waals surface area (Å²) in [4.78, 5) is 2.36. The summed E-state index contributed by atoms with van der Waals surface area (Å²) in [5, 5.41) is 0. The molecular weight excluding hydrogens is 258 g/mol. The monoisotopic (exact) mass is 282 g/mol. The van der Waals surface area contributed by atoms with Gasteiger partial charge in [-0.25, -0.2) is 8.78 Å². The van der Waals surface area contributed by atoms with E-state index in [0.717, 1.165) is 37.9 Å². The van der Waals surface area contributed by atoms with Crippen LogP contribution < -0.4 is 5.73 Å². The minimum absolute atomic E-state index is 0.265. The van der Waals surface area contributed by atoms with Crippen LogP contribution in [0.2, 0.25) is 0 Å². The lowest BCUT2D eigenvalue weighted by Gasteiger charge is -2.44. The fourth-order valence-corrected chi connectivity index (χ4v) is 2.94. The molecule has 1 aliphatic heterocycles. The van der Waals surface area contributed by atoms with Crippen molar-refractivity contribution in [3.63, 3.8) is 0 Å². The quantitative estimate of drug-likeness (QED) is 0.920. The fraction of sp³-hybridized carbons (Fsp3) is 0.625. The number of piperidine rings is 1. The summed E-state index contributed by atoms with van der Waals surface area (Å²) in [6, 6.07) is 3.79. The smallest absolute Gasteiger partial charge is 0.129 e. The van der Waals surface area contributed by atoms with Crippen LogP contribution in [0.4, 0.5) is 8.78 Å². The highest BCUT2D eigenvalue weighted by atomic mass is 19.1. The molecular formula is C16H24F2N2. The highest BCUT2D eigenvalue weighted by Crippen LogP contribution is 2.27. The van der Waals surface area contributed by atoms with Crippen LogP contribution in [0, 0.1) is 17.6 Å². The molecule has 2 N–H and O–H groups in total. The van der Waals surface area contributed by atoms with Crippen LogP contribution in [0.15, 0.2) is 18.2 Å². The minimum Gasteiger partial charge on any atom is -0.329 e. The van der Waals surface area contributed by atoms with Crippen molar-refractivity contribution in [2.75, 3.05) is 19.6 Å². The Labute approximate surface area is 120 Å². The largest absolute Gasteiger partial charge is 0.329 e. The summed E-state index contributed by atoms with van der Waals surface area (Å²) in [7, 11) is 0. The molecule has 4 heteroatoms. The van der Waals surface area contributed by atoms with Gasteiger partial charge in [-0.1, -0.05) is 13.0 Å². The van der Waals surface area contributed by atoms with Crippen molar-refractivity contribution in [3.05, 3.63) is 35.4 Å². The van der Waals surface area contributed by atoms with Crippen LogP contribution in [0.5, 0.6) is 0 Å². The van der Waals surface area contributed by atoms with Gasteiger partial charge in [0, 0.05) is 18.2 Å². The van der Waals surface area contributed by atoms with E-state index in [0.29, 0.717) is 18.5 Å². The van der Waals surface area contributed by atoms with Crippen LogP contribution in [0.25, 0.3) is 0 Å². The molecule has 1 atom stereocenters. The SMILES string of the molecule is CC1CCN(C(C)(CN)Cc2ccc(F)cc2F)CC1. The summed E-state index contributed by atoms with van der Waals surface area (Å²) in [5.41, 5.74) is 6.24. The first-order valence-corrected chi connectivity index (χ1v) is 7.33. The molecule has 0 radical (unpaired) electrons. The Kier molecular flexibility index (Phi) is 4.76. The zero-order chi connectivity index (χ0) is 14.8. The standard InChI is InChI=1S/C16H24F2N2/c1-12-5-7-20(8-6-12)16(2,11-19)10-13-3-4-14(17)9-15(13)18/h3-4,9,12H,5-8,10-11,19H2,1-2H3. The molecule has 2 nitrogen and oxygen atoms in total. The number of benzene rings is 1. The van der Waals surface area contributed by atoms with E-state index in [-0.39, 0.29) is 5.54 Å². The summed E-state index contributed by atoms with van der Waals surface area (Å²) in [5.74, 6) is -0.265. The number of hydrogen-bond donors (Lipinski definition) is 1. The van der Waals surface area contributed by atoms with Crippen LogP contribution >= 0.6 is 0 Å². The summed E-state index contributed by atoms with van der Waals surface area (Å²) < 4.78 is 26.8.